The highest BCUT2D eigenvalue weighted by atomic mass is 127. The van der Waals surface area contributed by atoms with Crippen molar-refractivity contribution in [1.82, 2.24) is 15.5 Å². The molecule has 3 aliphatic rings. The van der Waals surface area contributed by atoms with Gasteiger partial charge in [0.1, 0.15) is 5.75 Å². The van der Waals surface area contributed by atoms with E-state index >= 15 is 0 Å². The molecule has 3 fully saturated rings. The highest BCUT2D eigenvalue weighted by molar-refractivity contribution is 14.0. The van der Waals surface area contributed by atoms with Crippen LogP contribution in [0.25, 0.3) is 0 Å². The topological polar surface area (TPSA) is 58.1 Å². The number of benzene rings is 1. The molecule has 3 heterocycles. The van der Waals surface area contributed by atoms with Gasteiger partial charge in [-0.05, 0) is 76.2 Å². The van der Waals surface area contributed by atoms with Gasteiger partial charge in [-0.1, -0.05) is 12.1 Å². The van der Waals surface area contributed by atoms with E-state index in [-0.39, 0.29) is 24.0 Å². The second kappa shape index (κ2) is 11.0. The molecule has 2 bridgehead atoms. The van der Waals surface area contributed by atoms with Crippen molar-refractivity contribution >= 4 is 29.9 Å². The molecule has 0 radical (unpaired) electrons. The number of halogens is 1. The molecule has 0 aromatic heterocycles. The van der Waals surface area contributed by atoms with E-state index in [0.29, 0.717) is 30.2 Å². The summed E-state index contributed by atoms with van der Waals surface area (Å²) in [5.74, 6) is 2.36. The van der Waals surface area contributed by atoms with Crippen molar-refractivity contribution in [3.05, 3.63) is 29.8 Å². The molecule has 6 nitrogen and oxygen atoms in total. The van der Waals surface area contributed by atoms with Gasteiger partial charge in [-0.3, -0.25) is 9.89 Å². The van der Waals surface area contributed by atoms with Crippen molar-refractivity contribution in [3.63, 3.8) is 0 Å². The van der Waals surface area contributed by atoms with Crippen molar-refractivity contribution in [2.24, 2.45) is 10.9 Å². The lowest BCUT2D eigenvalue weighted by Crippen LogP contribution is -2.47. The summed E-state index contributed by atoms with van der Waals surface area (Å²) in [7, 11) is 3.95. The van der Waals surface area contributed by atoms with E-state index in [0.717, 1.165) is 37.8 Å². The Morgan fingerprint density at radius 2 is 2.03 bits per heavy atom. The Morgan fingerprint density at radius 1 is 1.23 bits per heavy atom. The Morgan fingerprint density at radius 3 is 2.67 bits per heavy atom. The first-order valence-corrected chi connectivity index (χ1v) is 11.2. The molecule has 0 spiro atoms. The first-order chi connectivity index (χ1) is 14.2. The van der Waals surface area contributed by atoms with Crippen LogP contribution in [0.5, 0.6) is 5.75 Å². The number of piperidine rings is 1. The van der Waals surface area contributed by atoms with Crippen molar-refractivity contribution in [3.8, 4) is 5.75 Å². The van der Waals surface area contributed by atoms with Crippen LogP contribution in [0.1, 0.15) is 50.6 Å². The van der Waals surface area contributed by atoms with Gasteiger partial charge in [0.2, 0.25) is 0 Å². The molecular formula is C23H37IN4O2. The Labute approximate surface area is 198 Å². The maximum absolute atomic E-state index is 6.00. The molecule has 3 saturated heterocycles. The SMILES string of the molecule is CCNC(=NCC1CCCN(C)C1c1ccc(OC)cc1)NC1CC2CCC1O2.I. The third kappa shape index (κ3) is 5.40. The predicted molar refractivity (Wildman–Crippen MR) is 132 cm³/mol. The molecule has 2 N–H and O–H groups in total. The van der Waals surface area contributed by atoms with Crippen molar-refractivity contribution < 1.29 is 9.47 Å². The summed E-state index contributed by atoms with van der Waals surface area (Å²) in [4.78, 5) is 7.50. The van der Waals surface area contributed by atoms with Gasteiger partial charge in [0.25, 0.3) is 0 Å². The van der Waals surface area contributed by atoms with Crippen LogP contribution >= 0.6 is 24.0 Å². The summed E-state index contributed by atoms with van der Waals surface area (Å²) < 4.78 is 11.3. The lowest BCUT2D eigenvalue weighted by molar-refractivity contribution is 0.0992. The van der Waals surface area contributed by atoms with Crippen molar-refractivity contribution in [2.45, 2.75) is 63.3 Å². The average molecular weight is 528 g/mol. The first kappa shape index (κ1) is 23.6. The Balaban J connectivity index is 0.00000256. The highest BCUT2D eigenvalue weighted by Crippen LogP contribution is 2.36. The second-order valence-corrected chi connectivity index (χ2v) is 8.68. The molecule has 168 valence electrons. The minimum atomic E-state index is 0. The van der Waals surface area contributed by atoms with E-state index in [9.17, 15) is 0 Å². The highest BCUT2D eigenvalue weighted by Gasteiger charge is 2.41. The first-order valence-electron chi connectivity index (χ1n) is 11.2. The van der Waals surface area contributed by atoms with Gasteiger partial charge < -0.3 is 20.1 Å². The minimum absolute atomic E-state index is 0. The molecule has 0 amide bonds. The fraction of sp³-hybridized carbons (Fsp3) is 0.696. The zero-order chi connectivity index (χ0) is 20.2. The maximum atomic E-state index is 6.00. The normalized spacial score (nSPS) is 31.3. The summed E-state index contributed by atoms with van der Waals surface area (Å²) in [6.45, 7) is 4.97. The lowest BCUT2D eigenvalue weighted by atomic mass is 9.85. The molecule has 3 aliphatic heterocycles. The van der Waals surface area contributed by atoms with Crippen molar-refractivity contribution in [1.29, 1.82) is 0 Å². The summed E-state index contributed by atoms with van der Waals surface area (Å²) in [5.41, 5.74) is 1.35. The number of ether oxygens (including phenoxy) is 2. The average Bonchev–Trinajstić information content (AvgIpc) is 3.36. The maximum Gasteiger partial charge on any atom is 0.191 e. The quantitative estimate of drug-likeness (QED) is 0.336. The predicted octanol–water partition coefficient (Wildman–Crippen LogP) is 3.57. The fourth-order valence-electron chi connectivity index (χ4n) is 5.27. The molecule has 1 aromatic carbocycles. The van der Waals surface area contributed by atoms with Gasteiger partial charge in [0.05, 0.1) is 25.4 Å². The van der Waals surface area contributed by atoms with Crippen LogP contribution in [0.3, 0.4) is 0 Å². The molecule has 30 heavy (non-hydrogen) atoms. The monoisotopic (exact) mass is 528 g/mol. The van der Waals surface area contributed by atoms with E-state index in [1.807, 2.05) is 0 Å². The molecule has 5 unspecified atom stereocenters. The van der Waals surface area contributed by atoms with E-state index in [1.165, 1.54) is 31.2 Å². The summed E-state index contributed by atoms with van der Waals surface area (Å²) in [6, 6.07) is 9.35. The van der Waals surface area contributed by atoms with Gasteiger partial charge in [0.15, 0.2) is 5.96 Å². The Kier molecular flexibility index (Phi) is 8.65. The number of aliphatic imine (C=N–C) groups is 1. The minimum Gasteiger partial charge on any atom is -0.497 e. The number of fused-ring (bicyclic) bond motifs is 2. The van der Waals surface area contributed by atoms with Crippen LogP contribution in [0.2, 0.25) is 0 Å². The van der Waals surface area contributed by atoms with Crippen LogP contribution in [-0.2, 0) is 4.74 Å². The van der Waals surface area contributed by atoms with E-state index in [1.54, 1.807) is 7.11 Å². The number of hydrogen-bond donors (Lipinski definition) is 2. The molecule has 0 saturated carbocycles. The molecular weight excluding hydrogens is 491 g/mol. The van der Waals surface area contributed by atoms with E-state index in [2.05, 4.69) is 53.8 Å². The number of methoxy groups -OCH3 is 1. The molecule has 1 aromatic rings. The number of nitrogens with zero attached hydrogens (tertiary/aromatic N) is 2. The van der Waals surface area contributed by atoms with Gasteiger partial charge >= 0.3 is 0 Å². The molecule has 4 rings (SSSR count). The van der Waals surface area contributed by atoms with Gasteiger partial charge in [-0.25, -0.2) is 0 Å². The van der Waals surface area contributed by atoms with Gasteiger partial charge in [-0.15, -0.1) is 24.0 Å². The van der Waals surface area contributed by atoms with Crippen LogP contribution in [-0.4, -0.2) is 62.9 Å². The fourth-order valence-corrected chi connectivity index (χ4v) is 5.27. The largest absolute Gasteiger partial charge is 0.497 e. The third-order valence-corrected chi connectivity index (χ3v) is 6.72. The molecule has 5 atom stereocenters. The van der Waals surface area contributed by atoms with E-state index < -0.39 is 0 Å². The smallest absolute Gasteiger partial charge is 0.191 e. The second-order valence-electron chi connectivity index (χ2n) is 8.68. The number of likely N-dealkylation sites (tertiary alicyclic amines) is 1. The lowest BCUT2D eigenvalue weighted by Gasteiger charge is -2.39. The van der Waals surface area contributed by atoms with Crippen LogP contribution in [0.4, 0.5) is 0 Å². The number of rotatable bonds is 6. The Hall–Kier alpha value is -1.06. The zero-order valence-corrected chi connectivity index (χ0v) is 20.8. The molecule has 7 heteroatoms. The van der Waals surface area contributed by atoms with Crippen LogP contribution in [0, 0.1) is 5.92 Å². The summed E-state index contributed by atoms with van der Waals surface area (Å²) in [6.07, 6.45) is 6.75. The standard InChI is InChI=1S/C23H36N4O2.HI/c1-4-24-23(26-20-14-19-11-12-21(20)29-19)25-15-17-6-5-13-27(2)22(17)16-7-9-18(28-3)10-8-16;/h7-10,17,19-22H,4-6,11-15H2,1-3H3,(H2,24,25,26);1H. The van der Waals surface area contributed by atoms with Crippen molar-refractivity contribution in [2.75, 3.05) is 33.8 Å². The molecule has 0 aliphatic carbocycles. The van der Waals surface area contributed by atoms with E-state index in [4.69, 9.17) is 14.5 Å². The van der Waals surface area contributed by atoms with Gasteiger partial charge in [-0.2, -0.15) is 0 Å². The Bertz CT molecular complexity index is 699. The third-order valence-electron chi connectivity index (χ3n) is 6.72. The summed E-state index contributed by atoms with van der Waals surface area (Å²) in [5, 5.41) is 7.10. The zero-order valence-electron chi connectivity index (χ0n) is 18.5. The number of nitrogens with one attached hydrogen (secondary N) is 2. The number of hydrogen-bond acceptors (Lipinski definition) is 4. The van der Waals surface area contributed by atoms with Crippen LogP contribution < -0.4 is 15.4 Å². The van der Waals surface area contributed by atoms with Gasteiger partial charge in [0, 0.05) is 19.1 Å². The summed E-state index contributed by atoms with van der Waals surface area (Å²) >= 11 is 0. The van der Waals surface area contributed by atoms with Crippen LogP contribution in [0.15, 0.2) is 29.3 Å². The number of guanidine groups is 1.